The molecule has 2 N–H and O–H groups in total. The topological polar surface area (TPSA) is 56.7 Å². The molecule has 0 spiro atoms. The van der Waals surface area contributed by atoms with Gasteiger partial charge in [-0.15, -0.1) is 41.9 Å². The van der Waals surface area contributed by atoms with E-state index in [1.807, 2.05) is 30.6 Å². The van der Waals surface area contributed by atoms with Gasteiger partial charge in [0.05, 0.1) is 4.88 Å². The fourth-order valence-corrected chi connectivity index (χ4v) is 2.65. The van der Waals surface area contributed by atoms with Crippen LogP contribution in [0.25, 0.3) is 0 Å². The van der Waals surface area contributed by atoms with E-state index in [1.165, 1.54) is 11.3 Å². The summed E-state index contributed by atoms with van der Waals surface area (Å²) >= 11 is 1.46. The van der Waals surface area contributed by atoms with Crippen molar-refractivity contribution in [1.82, 2.24) is 15.5 Å². The lowest BCUT2D eigenvalue weighted by atomic mass is 10.3. The molecular formula is C17H29IN4OS. The molecule has 24 heavy (non-hydrogen) atoms. The summed E-state index contributed by atoms with van der Waals surface area (Å²) in [6, 6.07) is 3.72. The van der Waals surface area contributed by atoms with Crippen molar-refractivity contribution >= 4 is 47.2 Å². The van der Waals surface area contributed by atoms with Crippen LogP contribution in [0.15, 0.2) is 35.2 Å². The number of hydrogen-bond donors (Lipinski definition) is 2. The van der Waals surface area contributed by atoms with Crippen LogP contribution in [0, 0.1) is 0 Å². The molecule has 0 bridgehead atoms. The molecule has 1 heterocycles. The summed E-state index contributed by atoms with van der Waals surface area (Å²) in [6.07, 6.45) is 4.85. The Bertz CT molecular complexity index is 491. The number of guanidine groups is 1. The number of hydrogen-bond acceptors (Lipinski definition) is 3. The van der Waals surface area contributed by atoms with Gasteiger partial charge in [0.1, 0.15) is 0 Å². The number of unbranched alkanes of at least 4 members (excludes halogenated alkanes) is 1. The SMILES string of the molecule is C=CCCCN(C)C(=NCCCNC(=O)c1cccs1)NCC.I. The predicted molar refractivity (Wildman–Crippen MR) is 115 cm³/mol. The molecule has 0 aromatic carbocycles. The van der Waals surface area contributed by atoms with Crippen LogP contribution in [0.2, 0.25) is 0 Å². The molecular weight excluding hydrogens is 435 g/mol. The number of carbonyl (C=O) groups is 1. The lowest BCUT2D eigenvalue weighted by molar-refractivity contribution is 0.0957. The summed E-state index contributed by atoms with van der Waals surface area (Å²) in [4.78, 5) is 19.3. The van der Waals surface area contributed by atoms with Crippen molar-refractivity contribution in [3.05, 3.63) is 35.0 Å². The van der Waals surface area contributed by atoms with Crippen molar-refractivity contribution in [2.45, 2.75) is 26.2 Å². The monoisotopic (exact) mass is 464 g/mol. The van der Waals surface area contributed by atoms with Gasteiger partial charge < -0.3 is 15.5 Å². The summed E-state index contributed by atoms with van der Waals surface area (Å²) in [7, 11) is 2.04. The van der Waals surface area contributed by atoms with Gasteiger partial charge in [-0.1, -0.05) is 12.1 Å². The number of nitrogens with zero attached hydrogens (tertiary/aromatic N) is 2. The van der Waals surface area contributed by atoms with E-state index in [-0.39, 0.29) is 29.9 Å². The third-order valence-electron chi connectivity index (χ3n) is 3.23. The highest BCUT2D eigenvalue weighted by atomic mass is 127. The van der Waals surface area contributed by atoms with Gasteiger partial charge in [-0.25, -0.2) is 0 Å². The average Bonchev–Trinajstić information content (AvgIpc) is 3.08. The van der Waals surface area contributed by atoms with Gasteiger partial charge in [0.2, 0.25) is 0 Å². The first-order valence-corrected chi connectivity index (χ1v) is 8.99. The van der Waals surface area contributed by atoms with Crippen LogP contribution in [0.3, 0.4) is 0 Å². The highest BCUT2D eigenvalue weighted by Crippen LogP contribution is 2.07. The number of nitrogens with one attached hydrogen (secondary N) is 2. The number of amides is 1. The van der Waals surface area contributed by atoms with E-state index < -0.39 is 0 Å². The Morgan fingerprint density at radius 2 is 2.21 bits per heavy atom. The first kappa shape index (κ1) is 22.9. The molecule has 0 saturated heterocycles. The van der Waals surface area contributed by atoms with Crippen molar-refractivity contribution in [2.75, 3.05) is 33.2 Å². The molecule has 0 radical (unpaired) electrons. The highest BCUT2D eigenvalue weighted by Gasteiger charge is 2.06. The summed E-state index contributed by atoms with van der Waals surface area (Å²) in [5, 5.41) is 8.12. The molecule has 0 aliphatic heterocycles. The van der Waals surface area contributed by atoms with Gasteiger partial charge in [-0.3, -0.25) is 9.79 Å². The van der Waals surface area contributed by atoms with Gasteiger partial charge >= 0.3 is 0 Å². The lowest BCUT2D eigenvalue weighted by Gasteiger charge is -2.21. The normalized spacial score (nSPS) is 10.7. The summed E-state index contributed by atoms with van der Waals surface area (Å²) in [5.41, 5.74) is 0. The molecule has 0 unspecified atom stereocenters. The van der Waals surface area contributed by atoms with E-state index in [9.17, 15) is 4.79 Å². The maximum atomic E-state index is 11.8. The maximum absolute atomic E-state index is 11.8. The van der Waals surface area contributed by atoms with Crippen LogP contribution in [-0.2, 0) is 0 Å². The first-order valence-electron chi connectivity index (χ1n) is 8.11. The third kappa shape index (κ3) is 9.27. The Balaban J connectivity index is 0.00000529. The van der Waals surface area contributed by atoms with E-state index >= 15 is 0 Å². The van der Waals surface area contributed by atoms with Crippen LogP contribution < -0.4 is 10.6 Å². The van der Waals surface area contributed by atoms with E-state index in [0.29, 0.717) is 13.1 Å². The van der Waals surface area contributed by atoms with Crippen molar-refractivity contribution in [3.63, 3.8) is 0 Å². The number of thiophene rings is 1. The fourth-order valence-electron chi connectivity index (χ4n) is 2.01. The van der Waals surface area contributed by atoms with Crippen LogP contribution in [0.5, 0.6) is 0 Å². The van der Waals surface area contributed by atoms with Crippen LogP contribution in [0.1, 0.15) is 35.9 Å². The Hall–Kier alpha value is -1.09. The van der Waals surface area contributed by atoms with E-state index in [2.05, 4.69) is 34.0 Å². The Morgan fingerprint density at radius 3 is 2.83 bits per heavy atom. The van der Waals surface area contributed by atoms with E-state index in [4.69, 9.17) is 0 Å². The van der Waals surface area contributed by atoms with E-state index in [1.54, 1.807) is 0 Å². The van der Waals surface area contributed by atoms with Gasteiger partial charge in [0.15, 0.2) is 5.96 Å². The van der Waals surface area contributed by atoms with Crippen molar-refractivity contribution < 1.29 is 4.79 Å². The quantitative estimate of drug-likeness (QED) is 0.184. The molecule has 1 aromatic rings. The summed E-state index contributed by atoms with van der Waals surface area (Å²) < 4.78 is 0. The maximum Gasteiger partial charge on any atom is 0.261 e. The highest BCUT2D eigenvalue weighted by molar-refractivity contribution is 14.0. The van der Waals surface area contributed by atoms with Crippen LogP contribution in [0.4, 0.5) is 0 Å². The molecule has 0 fully saturated rings. The minimum atomic E-state index is -0.00238. The summed E-state index contributed by atoms with van der Waals surface area (Å²) in [6.45, 7) is 8.94. The van der Waals surface area contributed by atoms with Gasteiger partial charge in [0, 0.05) is 33.2 Å². The minimum Gasteiger partial charge on any atom is -0.357 e. The van der Waals surface area contributed by atoms with Gasteiger partial charge in [-0.2, -0.15) is 0 Å². The number of halogens is 1. The molecule has 1 aromatic heterocycles. The molecule has 1 amide bonds. The molecule has 0 saturated carbocycles. The zero-order chi connectivity index (χ0) is 16.9. The van der Waals surface area contributed by atoms with E-state index in [0.717, 1.165) is 43.2 Å². The molecule has 1 rings (SSSR count). The second-order valence-electron chi connectivity index (χ2n) is 5.17. The number of rotatable bonds is 10. The Kier molecular flexibility index (Phi) is 13.6. The second-order valence-corrected chi connectivity index (χ2v) is 6.12. The van der Waals surface area contributed by atoms with Crippen LogP contribution >= 0.6 is 35.3 Å². The number of allylic oxidation sites excluding steroid dienone is 1. The first-order chi connectivity index (χ1) is 11.2. The standard InChI is InChI=1S/C17H28N4OS.HI/c1-4-6-7-13-21(3)17(18-5-2)20-12-9-11-19-16(22)15-10-8-14-23-15;/h4,8,10,14H,1,5-7,9,11-13H2,2-3H3,(H,18,20)(H,19,22);1H. The third-order valence-corrected chi connectivity index (χ3v) is 4.09. The predicted octanol–water partition coefficient (Wildman–Crippen LogP) is 3.35. The Morgan fingerprint density at radius 1 is 1.42 bits per heavy atom. The Labute approximate surface area is 166 Å². The largest absolute Gasteiger partial charge is 0.357 e. The minimum absolute atomic E-state index is 0. The fraction of sp³-hybridized carbons (Fsp3) is 0.529. The molecule has 5 nitrogen and oxygen atoms in total. The summed E-state index contributed by atoms with van der Waals surface area (Å²) in [5.74, 6) is 0.915. The van der Waals surface area contributed by atoms with Gasteiger partial charge in [-0.05, 0) is 37.6 Å². The smallest absolute Gasteiger partial charge is 0.261 e. The number of carbonyl (C=O) groups excluding carboxylic acids is 1. The molecule has 0 aliphatic carbocycles. The average molecular weight is 464 g/mol. The second kappa shape index (κ2) is 14.3. The molecule has 7 heteroatoms. The molecule has 0 aliphatic rings. The zero-order valence-corrected chi connectivity index (χ0v) is 17.7. The van der Waals surface area contributed by atoms with Crippen LogP contribution in [-0.4, -0.2) is 50.0 Å². The van der Waals surface area contributed by atoms with Crippen molar-refractivity contribution in [1.29, 1.82) is 0 Å². The van der Waals surface area contributed by atoms with Crippen molar-refractivity contribution in [2.24, 2.45) is 4.99 Å². The molecule has 136 valence electrons. The van der Waals surface area contributed by atoms with Gasteiger partial charge in [0.25, 0.3) is 5.91 Å². The zero-order valence-electron chi connectivity index (χ0n) is 14.6. The number of aliphatic imine (C=N–C) groups is 1. The molecule has 0 atom stereocenters. The van der Waals surface area contributed by atoms with Crippen molar-refractivity contribution in [3.8, 4) is 0 Å². The lowest BCUT2D eigenvalue weighted by Crippen LogP contribution is -2.39.